The Hall–Kier alpha value is -1.91. The summed E-state index contributed by atoms with van der Waals surface area (Å²) in [6.07, 6.45) is 10.9. The second-order valence-electron chi connectivity index (χ2n) is 7.68. The van der Waals surface area contributed by atoms with E-state index in [-0.39, 0.29) is 0 Å². The van der Waals surface area contributed by atoms with E-state index in [1.54, 1.807) is 0 Å². The van der Waals surface area contributed by atoms with Crippen molar-refractivity contribution in [3.8, 4) is 0 Å². The first-order valence-electron chi connectivity index (χ1n) is 8.54. The number of nitrogens with zero attached hydrogens (tertiary/aromatic N) is 4. The predicted molar refractivity (Wildman–Crippen MR) is 82.4 cm³/mol. The van der Waals surface area contributed by atoms with Crippen LogP contribution in [0.1, 0.15) is 43.8 Å². The summed E-state index contributed by atoms with van der Waals surface area (Å²) in [4.78, 5) is 7.65. The van der Waals surface area contributed by atoms with Gasteiger partial charge in [0.2, 0.25) is 0 Å². The summed E-state index contributed by atoms with van der Waals surface area (Å²) >= 11 is 0. The highest BCUT2D eigenvalue weighted by Gasteiger charge is 2.50. The molecular formula is C17H19N5. The molecule has 0 amide bonds. The van der Waals surface area contributed by atoms with E-state index in [1.807, 2.05) is 12.4 Å². The SMILES string of the molecule is c1cc2c(ncc3nnc(C4C5CC6CC(C5)CC4C6)n32)[nH]1. The Morgan fingerprint density at radius 1 is 1.00 bits per heavy atom. The van der Waals surface area contributed by atoms with Crippen molar-refractivity contribution in [2.24, 2.45) is 23.7 Å². The number of fused-ring (bicyclic) bond motifs is 3. The molecule has 0 radical (unpaired) electrons. The molecule has 3 aromatic heterocycles. The van der Waals surface area contributed by atoms with E-state index in [0.717, 1.165) is 40.5 Å². The van der Waals surface area contributed by atoms with Gasteiger partial charge in [0, 0.05) is 12.1 Å². The maximum absolute atomic E-state index is 4.63. The lowest BCUT2D eigenvalue weighted by atomic mass is 9.51. The van der Waals surface area contributed by atoms with Crippen molar-refractivity contribution in [1.29, 1.82) is 0 Å². The van der Waals surface area contributed by atoms with E-state index in [0.29, 0.717) is 5.92 Å². The molecule has 5 heteroatoms. The fourth-order valence-electron chi connectivity index (χ4n) is 5.96. The zero-order chi connectivity index (χ0) is 14.3. The minimum atomic E-state index is 0.600. The minimum Gasteiger partial charge on any atom is -0.345 e. The van der Waals surface area contributed by atoms with Gasteiger partial charge in [-0.3, -0.25) is 4.40 Å². The second-order valence-corrected chi connectivity index (χ2v) is 7.68. The van der Waals surface area contributed by atoms with Crippen molar-refractivity contribution >= 4 is 16.8 Å². The third-order valence-corrected chi connectivity index (χ3v) is 6.49. The Morgan fingerprint density at radius 2 is 1.77 bits per heavy atom. The smallest absolute Gasteiger partial charge is 0.179 e. The topological polar surface area (TPSA) is 58.9 Å². The molecule has 1 N–H and O–H groups in total. The molecule has 4 saturated carbocycles. The summed E-state index contributed by atoms with van der Waals surface area (Å²) in [6.45, 7) is 0. The molecule has 22 heavy (non-hydrogen) atoms. The molecule has 4 bridgehead atoms. The molecule has 4 fully saturated rings. The second kappa shape index (κ2) is 3.89. The molecule has 7 rings (SSSR count). The van der Waals surface area contributed by atoms with Gasteiger partial charge in [-0.05, 0) is 61.8 Å². The summed E-state index contributed by atoms with van der Waals surface area (Å²) < 4.78 is 2.26. The highest BCUT2D eigenvalue weighted by Crippen LogP contribution is 2.59. The monoisotopic (exact) mass is 293 g/mol. The third kappa shape index (κ3) is 1.37. The van der Waals surface area contributed by atoms with Gasteiger partial charge in [0.15, 0.2) is 11.3 Å². The Balaban J connectivity index is 1.58. The van der Waals surface area contributed by atoms with E-state index in [1.165, 1.54) is 37.9 Å². The van der Waals surface area contributed by atoms with Gasteiger partial charge in [0.05, 0.1) is 11.7 Å². The Morgan fingerprint density at radius 3 is 2.55 bits per heavy atom. The van der Waals surface area contributed by atoms with Crippen molar-refractivity contribution < 1.29 is 0 Å². The summed E-state index contributed by atoms with van der Waals surface area (Å²) in [5.41, 5.74) is 2.93. The van der Waals surface area contributed by atoms with Gasteiger partial charge in [-0.1, -0.05) is 0 Å². The number of H-pyrrole nitrogens is 1. The zero-order valence-electron chi connectivity index (χ0n) is 12.4. The van der Waals surface area contributed by atoms with Crippen LogP contribution in [0.25, 0.3) is 16.8 Å². The standard InChI is InChI=1S/C17H19N5/c1-2-18-16-13(1)22-14(8-19-16)20-21-17(22)15-11-4-9-3-10(6-11)7-12(15)5-9/h1-2,8-12,15,18H,3-7H2. The molecule has 0 saturated heterocycles. The van der Waals surface area contributed by atoms with Crippen LogP contribution in [0, 0.1) is 23.7 Å². The van der Waals surface area contributed by atoms with Gasteiger partial charge in [-0.2, -0.15) is 0 Å². The molecular weight excluding hydrogens is 274 g/mol. The first-order valence-corrected chi connectivity index (χ1v) is 8.54. The molecule has 0 unspecified atom stereocenters. The van der Waals surface area contributed by atoms with E-state index >= 15 is 0 Å². The lowest BCUT2D eigenvalue weighted by Crippen LogP contribution is -2.44. The van der Waals surface area contributed by atoms with Crippen LogP contribution in [-0.2, 0) is 0 Å². The molecule has 0 aromatic carbocycles. The summed E-state index contributed by atoms with van der Waals surface area (Å²) in [6, 6.07) is 2.10. The van der Waals surface area contributed by atoms with Crippen LogP contribution in [0.4, 0.5) is 0 Å². The summed E-state index contributed by atoms with van der Waals surface area (Å²) in [5.74, 6) is 5.43. The van der Waals surface area contributed by atoms with Crippen LogP contribution < -0.4 is 0 Å². The molecule has 0 aliphatic heterocycles. The molecule has 0 atom stereocenters. The molecule has 112 valence electrons. The maximum Gasteiger partial charge on any atom is 0.179 e. The Kier molecular flexibility index (Phi) is 2.05. The molecule has 3 aromatic rings. The van der Waals surface area contributed by atoms with Crippen molar-refractivity contribution in [2.45, 2.75) is 38.0 Å². The van der Waals surface area contributed by atoms with Crippen LogP contribution in [0.5, 0.6) is 0 Å². The van der Waals surface area contributed by atoms with Crippen LogP contribution >= 0.6 is 0 Å². The van der Waals surface area contributed by atoms with E-state index in [4.69, 9.17) is 0 Å². The zero-order valence-corrected chi connectivity index (χ0v) is 12.4. The lowest BCUT2D eigenvalue weighted by Gasteiger charge is -2.53. The van der Waals surface area contributed by atoms with Gasteiger partial charge in [-0.15, -0.1) is 10.2 Å². The van der Waals surface area contributed by atoms with Crippen LogP contribution in [0.3, 0.4) is 0 Å². The van der Waals surface area contributed by atoms with Crippen LogP contribution in [-0.4, -0.2) is 24.6 Å². The Labute approximate surface area is 128 Å². The quantitative estimate of drug-likeness (QED) is 0.750. The van der Waals surface area contributed by atoms with E-state index in [9.17, 15) is 0 Å². The van der Waals surface area contributed by atoms with Gasteiger partial charge in [0.1, 0.15) is 5.82 Å². The molecule has 4 aliphatic carbocycles. The highest BCUT2D eigenvalue weighted by atomic mass is 15.3. The fraction of sp³-hybridized carbons (Fsp3) is 0.588. The normalized spacial score (nSPS) is 36.6. The van der Waals surface area contributed by atoms with Gasteiger partial charge < -0.3 is 4.98 Å². The first-order chi connectivity index (χ1) is 10.9. The van der Waals surface area contributed by atoms with Crippen molar-refractivity contribution in [3.05, 3.63) is 24.3 Å². The summed E-state index contributed by atoms with van der Waals surface area (Å²) in [5, 5.41) is 9.05. The average molecular weight is 293 g/mol. The first kappa shape index (κ1) is 11.6. The van der Waals surface area contributed by atoms with E-state index in [2.05, 4.69) is 30.6 Å². The third-order valence-electron chi connectivity index (χ3n) is 6.49. The van der Waals surface area contributed by atoms with Crippen molar-refractivity contribution in [3.63, 3.8) is 0 Å². The summed E-state index contributed by atoms with van der Waals surface area (Å²) in [7, 11) is 0. The van der Waals surface area contributed by atoms with Crippen LogP contribution in [0.15, 0.2) is 18.5 Å². The van der Waals surface area contributed by atoms with Crippen LogP contribution in [0.2, 0.25) is 0 Å². The minimum absolute atomic E-state index is 0.600. The molecule has 3 heterocycles. The number of aromatic amines is 1. The number of aromatic nitrogens is 5. The highest BCUT2D eigenvalue weighted by molar-refractivity contribution is 5.74. The molecule has 5 nitrogen and oxygen atoms in total. The van der Waals surface area contributed by atoms with Gasteiger partial charge in [-0.25, -0.2) is 4.98 Å². The lowest BCUT2D eigenvalue weighted by molar-refractivity contribution is -0.00586. The number of hydrogen-bond acceptors (Lipinski definition) is 3. The van der Waals surface area contributed by atoms with Gasteiger partial charge >= 0.3 is 0 Å². The van der Waals surface area contributed by atoms with Crippen molar-refractivity contribution in [2.75, 3.05) is 0 Å². The predicted octanol–water partition coefficient (Wildman–Crippen LogP) is 3.15. The van der Waals surface area contributed by atoms with Gasteiger partial charge in [0.25, 0.3) is 0 Å². The Bertz CT molecular complexity index is 848. The fourth-order valence-corrected chi connectivity index (χ4v) is 5.96. The van der Waals surface area contributed by atoms with Crippen molar-refractivity contribution in [1.82, 2.24) is 24.6 Å². The number of nitrogens with one attached hydrogen (secondary N) is 1. The maximum atomic E-state index is 4.63. The number of rotatable bonds is 1. The average Bonchev–Trinajstić information content (AvgIpc) is 3.11. The largest absolute Gasteiger partial charge is 0.345 e. The number of hydrogen-bond donors (Lipinski definition) is 1. The molecule has 0 spiro atoms. The molecule has 4 aliphatic rings. The van der Waals surface area contributed by atoms with E-state index < -0.39 is 0 Å².